The Balaban J connectivity index is 0.00000210. The van der Waals surface area contributed by atoms with Gasteiger partial charge >= 0.3 is 0 Å². The molecular formula is C21H32Cl2N4O2. The lowest BCUT2D eigenvalue weighted by Crippen LogP contribution is -2.40. The van der Waals surface area contributed by atoms with Crippen molar-refractivity contribution in [1.29, 1.82) is 0 Å². The maximum absolute atomic E-state index is 13.0. The number of benzene rings is 1. The molecule has 29 heavy (non-hydrogen) atoms. The summed E-state index contributed by atoms with van der Waals surface area (Å²) in [6.45, 7) is 0.566. The van der Waals surface area contributed by atoms with E-state index in [9.17, 15) is 4.79 Å². The van der Waals surface area contributed by atoms with E-state index in [2.05, 4.69) is 10.3 Å². The van der Waals surface area contributed by atoms with Gasteiger partial charge < -0.3 is 20.4 Å². The van der Waals surface area contributed by atoms with E-state index in [4.69, 9.17) is 10.5 Å². The van der Waals surface area contributed by atoms with Gasteiger partial charge in [-0.3, -0.25) is 4.79 Å². The first-order chi connectivity index (χ1) is 13.1. The van der Waals surface area contributed by atoms with Crippen LogP contribution >= 0.6 is 24.8 Å². The van der Waals surface area contributed by atoms with Crippen LogP contribution in [-0.4, -0.2) is 29.1 Å². The van der Waals surface area contributed by atoms with Crippen LogP contribution < -0.4 is 15.8 Å². The van der Waals surface area contributed by atoms with Gasteiger partial charge in [-0.25, -0.2) is 4.98 Å². The Hall–Kier alpha value is -1.76. The highest BCUT2D eigenvalue weighted by molar-refractivity contribution is 5.85. The van der Waals surface area contributed by atoms with Crippen molar-refractivity contribution in [2.45, 2.75) is 44.6 Å². The molecule has 3 N–H and O–H groups in total. The molecule has 0 bridgehead atoms. The highest BCUT2D eigenvalue weighted by atomic mass is 35.5. The summed E-state index contributed by atoms with van der Waals surface area (Å²) in [5.41, 5.74) is 6.98. The van der Waals surface area contributed by atoms with Crippen LogP contribution in [0.25, 0.3) is 0 Å². The number of nitrogens with one attached hydrogen (secondary N) is 1. The third-order valence-electron chi connectivity index (χ3n) is 5.75. The van der Waals surface area contributed by atoms with Crippen molar-refractivity contribution >= 4 is 30.7 Å². The highest BCUT2D eigenvalue weighted by Gasteiger charge is 2.34. The molecule has 1 aliphatic rings. The summed E-state index contributed by atoms with van der Waals surface area (Å²) >= 11 is 0. The molecule has 0 radical (unpaired) electrons. The Bertz CT molecular complexity index is 758. The first kappa shape index (κ1) is 25.3. The Morgan fingerprint density at radius 1 is 1.24 bits per heavy atom. The topological polar surface area (TPSA) is 82.2 Å². The maximum atomic E-state index is 13.0. The van der Waals surface area contributed by atoms with Crippen molar-refractivity contribution < 1.29 is 9.53 Å². The van der Waals surface area contributed by atoms with Gasteiger partial charge in [-0.15, -0.1) is 24.8 Å². The summed E-state index contributed by atoms with van der Waals surface area (Å²) < 4.78 is 7.19. The first-order valence-corrected chi connectivity index (χ1v) is 9.67. The standard InChI is InChI=1S/C21H30N4O2.2ClH/c1-25-13-12-23-20(25)19(16-6-8-17(27-2)9-7-16)24-18(26)14-21(15-22)10-4-3-5-11-21;;/h6-9,12-13,19H,3-5,10-11,14-15,22H2,1-2H3,(H,24,26);2*1H. The zero-order valence-corrected chi connectivity index (χ0v) is 18.7. The van der Waals surface area contributed by atoms with Crippen molar-refractivity contribution in [3.8, 4) is 5.75 Å². The van der Waals surface area contributed by atoms with E-state index < -0.39 is 0 Å². The van der Waals surface area contributed by atoms with E-state index >= 15 is 0 Å². The predicted molar refractivity (Wildman–Crippen MR) is 120 cm³/mol. The van der Waals surface area contributed by atoms with Crippen LogP contribution in [-0.2, 0) is 11.8 Å². The lowest BCUT2D eigenvalue weighted by Gasteiger charge is -2.36. The smallest absolute Gasteiger partial charge is 0.221 e. The molecule has 8 heteroatoms. The zero-order valence-electron chi connectivity index (χ0n) is 17.1. The van der Waals surface area contributed by atoms with Crippen LogP contribution in [0.2, 0.25) is 0 Å². The molecule has 1 heterocycles. The van der Waals surface area contributed by atoms with Crippen LogP contribution in [0.4, 0.5) is 0 Å². The fourth-order valence-corrected chi connectivity index (χ4v) is 4.06. The quantitative estimate of drug-likeness (QED) is 0.683. The number of aryl methyl sites for hydroxylation is 1. The predicted octanol–water partition coefficient (Wildman–Crippen LogP) is 3.78. The van der Waals surface area contributed by atoms with E-state index in [0.717, 1.165) is 42.8 Å². The average Bonchev–Trinajstić information content (AvgIpc) is 3.12. The molecule has 162 valence electrons. The summed E-state index contributed by atoms with van der Waals surface area (Å²) in [5.74, 6) is 1.62. The van der Waals surface area contributed by atoms with Gasteiger partial charge in [0.15, 0.2) is 0 Å². The molecule has 1 atom stereocenters. The van der Waals surface area contributed by atoms with Crippen LogP contribution in [0, 0.1) is 5.41 Å². The van der Waals surface area contributed by atoms with Gasteiger partial charge in [-0.05, 0) is 42.5 Å². The van der Waals surface area contributed by atoms with E-state index in [1.165, 1.54) is 6.42 Å². The van der Waals surface area contributed by atoms with Gasteiger partial charge in [-0.2, -0.15) is 0 Å². The number of amides is 1. The molecule has 2 aromatic rings. The van der Waals surface area contributed by atoms with Gasteiger partial charge in [0.2, 0.25) is 5.91 Å². The average molecular weight is 443 g/mol. The molecule has 1 aliphatic carbocycles. The number of rotatable bonds is 7. The molecular weight excluding hydrogens is 411 g/mol. The number of halogens is 2. The molecule has 1 aromatic heterocycles. The summed E-state index contributed by atoms with van der Waals surface area (Å²) in [6, 6.07) is 7.44. The second-order valence-corrected chi connectivity index (χ2v) is 7.61. The molecule has 1 aromatic carbocycles. The van der Waals surface area contributed by atoms with E-state index in [-0.39, 0.29) is 42.2 Å². The minimum Gasteiger partial charge on any atom is -0.497 e. The molecule has 1 fully saturated rings. The van der Waals surface area contributed by atoms with Gasteiger partial charge in [0, 0.05) is 25.9 Å². The lowest BCUT2D eigenvalue weighted by atomic mass is 9.71. The monoisotopic (exact) mass is 442 g/mol. The van der Waals surface area contributed by atoms with Gasteiger partial charge in [0.25, 0.3) is 0 Å². The summed E-state index contributed by atoms with van der Waals surface area (Å²) in [7, 11) is 3.58. The lowest BCUT2D eigenvalue weighted by molar-refractivity contribution is -0.124. The van der Waals surface area contributed by atoms with Gasteiger partial charge in [0.05, 0.1) is 7.11 Å². The van der Waals surface area contributed by atoms with Crippen LogP contribution in [0.5, 0.6) is 5.75 Å². The van der Waals surface area contributed by atoms with E-state index in [1.54, 1.807) is 13.3 Å². The van der Waals surface area contributed by atoms with Crippen molar-refractivity contribution in [3.05, 3.63) is 48.0 Å². The third kappa shape index (κ3) is 6.11. The first-order valence-electron chi connectivity index (χ1n) is 9.67. The van der Waals surface area contributed by atoms with Crippen molar-refractivity contribution in [1.82, 2.24) is 14.9 Å². The number of ether oxygens (including phenoxy) is 1. The normalized spacial score (nSPS) is 16.1. The molecule has 0 aliphatic heterocycles. The number of nitrogens with zero attached hydrogens (tertiary/aromatic N) is 2. The van der Waals surface area contributed by atoms with Crippen molar-refractivity contribution in [2.24, 2.45) is 18.2 Å². The molecule has 0 spiro atoms. The second-order valence-electron chi connectivity index (χ2n) is 7.61. The van der Waals surface area contributed by atoms with Crippen molar-refractivity contribution in [3.63, 3.8) is 0 Å². The number of aromatic nitrogens is 2. The Kier molecular flexibility index (Phi) is 9.96. The van der Waals surface area contributed by atoms with Crippen LogP contribution in [0.3, 0.4) is 0 Å². The molecule has 1 unspecified atom stereocenters. The molecule has 6 nitrogen and oxygen atoms in total. The molecule has 1 amide bonds. The Labute approximate surface area is 185 Å². The Morgan fingerprint density at radius 3 is 2.41 bits per heavy atom. The van der Waals surface area contributed by atoms with Crippen molar-refractivity contribution in [2.75, 3.05) is 13.7 Å². The number of nitrogens with two attached hydrogens (primary N) is 1. The SMILES string of the molecule is COc1ccc(C(NC(=O)CC2(CN)CCCCC2)c2nccn2C)cc1.Cl.Cl. The number of carbonyl (C=O) groups is 1. The van der Waals surface area contributed by atoms with Gasteiger partial charge in [0.1, 0.15) is 17.6 Å². The highest BCUT2D eigenvalue weighted by Crippen LogP contribution is 2.38. The molecule has 0 saturated heterocycles. The fourth-order valence-electron chi connectivity index (χ4n) is 4.06. The molecule has 1 saturated carbocycles. The minimum absolute atomic E-state index is 0. The largest absolute Gasteiger partial charge is 0.497 e. The number of hydrogen-bond acceptors (Lipinski definition) is 4. The number of imidazole rings is 1. The Morgan fingerprint density at radius 2 is 1.90 bits per heavy atom. The maximum Gasteiger partial charge on any atom is 0.221 e. The molecule has 3 rings (SSSR count). The van der Waals surface area contributed by atoms with Crippen LogP contribution in [0.1, 0.15) is 56.0 Å². The summed E-state index contributed by atoms with van der Waals surface area (Å²) in [4.78, 5) is 17.4. The van der Waals surface area contributed by atoms with E-state index in [0.29, 0.717) is 13.0 Å². The minimum atomic E-state index is -0.304. The summed E-state index contributed by atoms with van der Waals surface area (Å²) in [6.07, 6.45) is 9.74. The zero-order chi connectivity index (χ0) is 19.3. The van der Waals surface area contributed by atoms with Gasteiger partial charge in [-0.1, -0.05) is 31.4 Å². The van der Waals surface area contributed by atoms with Crippen LogP contribution in [0.15, 0.2) is 36.7 Å². The summed E-state index contributed by atoms with van der Waals surface area (Å²) in [5, 5.41) is 3.20. The number of hydrogen-bond donors (Lipinski definition) is 2. The number of carbonyl (C=O) groups excluding carboxylic acids is 1. The third-order valence-corrected chi connectivity index (χ3v) is 5.75. The fraction of sp³-hybridized carbons (Fsp3) is 0.524. The second kappa shape index (κ2) is 11.4. The number of methoxy groups -OCH3 is 1. The van der Waals surface area contributed by atoms with E-state index in [1.807, 2.05) is 42.1 Å².